The van der Waals surface area contributed by atoms with Crippen LogP contribution in [0.4, 0.5) is 0 Å². The van der Waals surface area contributed by atoms with Crippen molar-refractivity contribution in [2.45, 2.75) is 6.42 Å². The van der Waals surface area contributed by atoms with E-state index in [4.69, 9.17) is 0 Å². The van der Waals surface area contributed by atoms with E-state index in [0.29, 0.717) is 6.42 Å². The highest BCUT2D eigenvalue weighted by Crippen LogP contribution is 2.36. The fraction of sp³-hybridized carbons (Fsp3) is 0.333. The maximum absolute atomic E-state index is 11.4. The van der Waals surface area contributed by atoms with E-state index in [-0.39, 0.29) is 11.7 Å². The lowest BCUT2D eigenvalue weighted by Gasteiger charge is -2.17. The van der Waals surface area contributed by atoms with Crippen molar-refractivity contribution in [3.05, 3.63) is 22.3 Å². The fourth-order valence-electron chi connectivity index (χ4n) is 1.72. The lowest BCUT2D eigenvalue weighted by molar-refractivity contribution is -0.140. The Hall–Kier alpha value is -0.900. The number of rotatable bonds is 0. The van der Waals surface area contributed by atoms with Crippen LogP contribution >= 0.6 is 15.9 Å². The predicted octanol–water partition coefficient (Wildman–Crippen LogP) is 1.21. The van der Waals surface area contributed by atoms with Crippen molar-refractivity contribution in [3.63, 3.8) is 0 Å². The number of hydrogen-bond acceptors (Lipinski definition) is 2. The average molecular weight is 242 g/mol. The van der Waals surface area contributed by atoms with Gasteiger partial charge in [0.25, 0.3) is 5.91 Å². The van der Waals surface area contributed by atoms with Crippen molar-refractivity contribution in [2.24, 2.45) is 5.92 Å². The highest BCUT2D eigenvalue weighted by molar-refractivity contribution is 9.11. The highest BCUT2D eigenvalue weighted by Gasteiger charge is 2.42. The number of carbonyl (C=O) groups is 2. The molecule has 0 radical (unpaired) electrons. The molecule has 1 aliphatic heterocycles. The molecule has 1 fully saturated rings. The molecule has 0 aromatic heterocycles. The standard InChI is InChI=1S/C9H8BrNO2/c1-11-7-5(8(12)9(11)13)3-2-4-6(7)10/h2,4-5H,3H2,1H3. The second kappa shape index (κ2) is 2.80. The third kappa shape index (κ3) is 1.09. The van der Waals surface area contributed by atoms with Gasteiger partial charge in [0.05, 0.1) is 5.92 Å². The number of halogens is 1. The number of nitrogens with zero attached hydrogens (tertiary/aromatic N) is 1. The van der Waals surface area contributed by atoms with Gasteiger partial charge in [0.1, 0.15) is 0 Å². The number of amides is 1. The summed E-state index contributed by atoms with van der Waals surface area (Å²) in [7, 11) is 1.63. The molecule has 13 heavy (non-hydrogen) atoms. The maximum atomic E-state index is 11.4. The third-order valence-corrected chi connectivity index (χ3v) is 3.07. The molecule has 1 unspecified atom stereocenters. The first-order valence-electron chi connectivity index (χ1n) is 4.01. The van der Waals surface area contributed by atoms with Gasteiger partial charge in [-0.05, 0) is 22.4 Å². The molecule has 1 amide bonds. The number of ketones is 1. The third-order valence-electron chi connectivity index (χ3n) is 2.40. The van der Waals surface area contributed by atoms with E-state index in [1.54, 1.807) is 7.05 Å². The Balaban J connectivity index is 2.53. The number of carbonyl (C=O) groups excluding carboxylic acids is 2. The van der Waals surface area contributed by atoms with Crippen molar-refractivity contribution < 1.29 is 9.59 Å². The minimum atomic E-state index is -0.402. The van der Waals surface area contributed by atoms with Gasteiger partial charge in [-0.1, -0.05) is 12.2 Å². The van der Waals surface area contributed by atoms with E-state index in [1.807, 2.05) is 12.2 Å². The summed E-state index contributed by atoms with van der Waals surface area (Å²) < 4.78 is 0.838. The second-order valence-corrected chi connectivity index (χ2v) is 4.01. The summed E-state index contributed by atoms with van der Waals surface area (Å²) in [5, 5.41) is 0. The normalized spacial score (nSPS) is 27.2. The van der Waals surface area contributed by atoms with E-state index in [2.05, 4.69) is 15.9 Å². The predicted molar refractivity (Wildman–Crippen MR) is 51.0 cm³/mol. The van der Waals surface area contributed by atoms with Gasteiger partial charge < -0.3 is 4.90 Å². The topological polar surface area (TPSA) is 37.4 Å². The molecular formula is C9H8BrNO2. The molecule has 68 valence electrons. The minimum absolute atomic E-state index is 0.253. The minimum Gasteiger partial charge on any atom is -0.311 e. The molecule has 1 aliphatic carbocycles. The van der Waals surface area contributed by atoms with Crippen LogP contribution in [0.15, 0.2) is 22.3 Å². The summed E-state index contributed by atoms with van der Waals surface area (Å²) >= 11 is 3.34. The van der Waals surface area contributed by atoms with Gasteiger partial charge in [-0.3, -0.25) is 9.59 Å². The number of allylic oxidation sites excluding steroid dienone is 4. The molecule has 0 aromatic rings. The summed E-state index contributed by atoms with van der Waals surface area (Å²) in [6.45, 7) is 0. The van der Waals surface area contributed by atoms with Gasteiger partial charge in [-0.2, -0.15) is 0 Å². The van der Waals surface area contributed by atoms with Crippen LogP contribution in [0, 0.1) is 5.92 Å². The highest BCUT2D eigenvalue weighted by atomic mass is 79.9. The molecule has 2 aliphatic rings. The molecule has 1 heterocycles. The van der Waals surface area contributed by atoms with Crippen molar-refractivity contribution in [1.82, 2.24) is 4.90 Å². The van der Waals surface area contributed by atoms with Gasteiger partial charge in [-0.25, -0.2) is 0 Å². The maximum Gasteiger partial charge on any atom is 0.294 e. The van der Waals surface area contributed by atoms with Gasteiger partial charge in [0.15, 0.2) is 0 Å². The Bertz CT molecular complexity index is 357. The SMILES string of the molecule is CN1C(=O)C(=O)C2CC=CC(Br)=C21. The zero-order valence-electron chi connectivity index (χ0n) is 7.08. The molecule has 0 spiro atoms. The summed E-state index contributed by atoms with van der Waals surface area (Å²) in [6, 6.07) is 0. The van der Waals surface area contributed by atoms with Gasteiger partial charge in [-0.15, -0.1) is 0 Å². The van der Waals surface area contributed by atoms with Crippen LogP contribution < -0.4 is 0 Å². The van der Waals surface area contributed by atoms with Crippen molar-refractivity contribution in [2.75, 3.05) is 7.05 Å². The van der Waals surface area contributed by atoms with Crippen molar-refractivity contribution in [3.8, 4) is 0 Å². The molecule has 1 atom stereocenters. The number of hydrogen-bond donors (Lipinski definition) is 0. The summed E-state index contributed by atoms with van der Waals surface area (Å²) in [6.07, 6.45) is 4.43. The zero-order chi connectivity index (χ0) is 9.59. The smallest absolute Gasteiger partial charge is 0.294 e. The van der Waals surface area contributed by atoms with E-state index >= 15 is 0 Å². The Morgan fingerprint density at radius 2 is 2.23 bits per heavy atom. The summed E-state index contributed by atoms with van der Waals surface area (Å²) in [5.41, 5.74) is 0.803. The molecule has 2 rings (SSSR count). The van der Waals surface area contributed by atoms with Gasteiger partial charge in [0, 0.05) is 17.2 Å². The molecule has 0 aromatic carbocycles. The van der Waals surface area contributed by atoms with Crippen LogP contribution in [0.1, 0.15) is 6.42 Å². The summed E-state index contributed by atoms with van der Waals surface area (Å²) in [5.74, 6) is -0.948. The number of Topliss-reactive ketones (excluding diaryl/α,β-unsaturated/α-hetero) is 1. The molecular weight excluding hydrogens is 234 g/mol. The van der Waals surface area contributed by atoms with E-state index in [1.165, 1.54) is 4.90 Å². The van der Waals surface area contributed by atoms with Crippen LogP contribution in [-0.2, 0) is 9.59 Å². The van der Waals surface area contributed by atoms with Crippen molar-refractivity contribution >= 4 is 27.6 Å². The molecule has 0 bridgehead atoms. The average Bonchev–Trinajstić information content (AvgIpc) is 2.33. The summed E-state index contributed by atoms with van der Waals surface area (Å²) in [4.78, 5) is 24.2. The zero-order valence-corrected chi connectivity index (χ0v) is 8.67. The van der Waals surface area contributed by atoms with E-state index < -0.39 is 5.91 Å². The Labute approximate surface area is 84.2 Å². The Morgan fingerprint density at radius 3 is 2.85 bits per heavy atom. The second-order valence-electron chi connectivity index (χ2n) is 3.15. The first-order valence-corrected chi connectivity index (χ1v) is 4.80. The number of likely N-dealkylation sites (tertiary alicyclic amines) is 1. The molecule has 0 N–H and O–H groups in total. The largest absolute Gasteiger partial charge is 0.311 e. The molecule has 1 saturated heterocycles. The van der Waals surface area contributed by atoms with Crippen LogP contribution in [0.2, 0.25) is 0 Å². The van der Waals surface area contributed by atoms with Crippen LogP contribution in [0.25, 0.3) is 0 Å². The van der Waals surface area contributed by atoms with Crippen LogP contribution in [0.5, 0.6) is 0 Å². The van der Waals surface area contributed by atoms with Crippen molar-refractivity contribution in [1.29, 1.82) is 0 Å². The fourth-order valence-corrected chi connectivity index (χ4v) is 2.45. The lowest BCUT2D eigenvalue weighted by atomic mass is 9.96. The number of likely N-dealkylation sites (N-methyl/N-ethyl adjacent to an activating group) is 1. The first-order chi connectivity index (χ1) is 6.13. The van der Waals surface area contributed by atoms with E-state index in [0.717, 1.165) is 10.2 Å². The van der Waals surface area contributed by atoms with Crippen LogP contribution in [-0.4, -0.2) is 23.6 Å². The molecule has 4 heteroatoms. The Morgan fingerprint density at radius 1 is 1.54 bits per heavy atom. The number of fused-ring (bicyclic) bond motifs is 1. The molecule has 3 nitrogen and oxygen atoms in total. The van der Waals surface area contributed by atoms with E-state index in [9.17, 15) is 9.59 Å². The Kier molecular flexibility index (Phi) is 1.87. The van der Waals surface area contributed by atoms with Crippen LogP contribution in [0.3, 0.4) is 0 Å². The first kappa shape index (κ1) is 8.69. The lowest BCUT2D eigenvalue weighted by Crippen LogP contribution is -2.21. The monoisotopic (exact) mass is 241 g/mol. The van der Waals surface area contributed by atoms with Gasteiger partial charge in [0.2, 0.25) is 5.78 Å². The molecule has 0 saturated carbocycles. The van der Waals surface area contributed by atoms with Gasteiger partial charge >= 0.3 is 0 Å². The quantitative estimate of drug-likeness (QED) is 0.599.